The van der Waals surface area contributed by atoms with Crippen molar-refractivity contribution in [1.82, 2.24) is 10.2 Å². The summed E-state index contributed by atoms with van der Waals surface area (Å²) in [5.41, 5.74) is 4.57. The molecule has 4 N–H and O–H groups in total. The molecule has 2 heterocycles. The second-order valence-corrected chi connectivity index (χ2v) is 6.63. The van der Waals surface area contributed by atoms with Crippen LogP contribution in [-0.2, 0) is 9.53 Å². The average molecular weight is 454 g/mol. The molecule has 0 radical (unpaired) electrons. The van der Waals surface area contributed by atoms with E-state index in [0.29, 0.717) is 39.0 Å². The minimum atomic E-state index is -0.763. The van der Waals surface area contributed by atoms with Gasteiger partial charge in [-0.15, -0.1) is 24.0 Å². The van der Waals surface area contributed by atoms with Crippen LogP contribution in [0.3, 0.4) is 0 Å². The van der Waals surface area contributed by atoms with Gasteiger partial charge in [-0.3, -0.25) is 9.79 Å². The molecule has 2 aliphatic rings. The molecule has 0 spiro atoms. The highest BCUT2D eigenvalue weighted by Gasteiger charge is 2.30. The van der Waals surface area contributed by atoms with E-state index in [0.717, 1.165) is 38.4 Å². The summed E-state index contributed by atoms with van der Waals surface area (Å²) < 4.78 is 5.31. The van der Waals surface area contributed by atoms with Crippen LogP contribution in [0.4, 0.5) is 0 Å². The zero-order valence-corrected chi connectivity index (χ0v) is 16.8. The van der Waals surface area contributed by atoms with Crippen molar-refractivity contribution in [2.45, 2.75) is 44.6 Å². The number of amides is 1. The van der Waals surface area contributed by atoms with Crippen molar-refractivity contribution >= 4 is 35.8 Å². The van der Waals surface area contributed by atoms with Gasteiger partial charge in [-0.05, 0) is 25.7 Å². The van der Waals surface area contributed by atoms with E-state index in [2.05, 4.69) is 15.2 Å². The third kappa shape index (κ3) is 6.72. The van der Waals surface area contributed by atoms with Gasteiger partial charge in [0.1, 0.15) is 0 Å². The van der Waals surface area contributed by atoms with E-state index in [4.69, 9.17) is 10.5 Å². The zero-order valence-electron chi connectivity index (χ0n) is 14.5. The SMILES string of the molecule is CCNC(=NCC1(O)CCOCC1)N1CCCC(CC(N)=O)C1.I. The van der Waals surface area contributed by atoms with Gasteiger partial charge in [0.05, 0.1) is 12.1 Å². The minimum absolute atomic E-state index is 0. The number of carbonyl (C=O) groups excluding carboxylic acids is 1. The Balaban J connectivity index is 0.00000288. The Morgan fingerprint density at radius 1 is 1.46 bits per heavy atom. The number of halogens is 1. The number of aliphatic hydroxyl groups is 1. The molecule has 0 aromatic carbocycles. The Kier molecular flexibility index (Phi) is 9.28. The number of piperidine rings is 1. The van der Waals surface area contributed by atoms with Gasteiger partial charge in [-0.25, -0.2) is 0 Å². The quantitative estimate of drug-likeness (QED) is 0.323. The number of nitrogens with one attached hydrogen (secondary N) is 1. The second kappa shape index (κ2) is 10.4. The molecule has 0 bridgehead atoms. The minimum Gasteiger partial charge on any atom is -0.388 e. The molecule has 1 unspecified atom stereocenters. The number of nitrogens with two attached hydrogens (primary N) is 1. The van der Waals surface area contributed by atoms with Crippen LogP contribution in [0.5, 0.6) is 0 Å². The molecule has 0 aromatic rings. The lowest BCUT2D eigenvalue weighted by molar-refractivity contribution is -0.119. The lowest BCUT2D eigenvalue weighted by Gasteiger charge is -2.36. The highest BCUT2D eigenvalue weighted by atomic mass is 127. The number of likely N-dealkylation sites (tertiary alicyclic amines) is 1. The van der Waals surface area contributed by atoms with Gasteiger partial charge in [-0.1, -0.05) is 0 Å². The molecule has 140 valence electrons. The van der Waals surface area contributed by atoms with E-state index in [-0.39, 0.29) is 35.8 Å². The number of carbonyl (C=O) groups is 1. The van der Waals surface area contributed by atoms with Crippen LogP contribution in [0.25, 0.3) is 0 Å². The molecule has 0 aromatic heterocycles. The second-order valence-electron chi connectivity index (χ2n) is 6.63. The normalized spacial score (nSPS) is 24.2. The number of primary amides is 1. The van der Waals surface area contributed by atoms with Crippen LogP contribution in [0.15, 0.2) is 4.99 Å². The van der Waals surface area contributed by atoms with E-state index >= 15 is 0 Å². The largest absolute Gasteiger partial charge is 0.388 e. The van der Waals surface area contributed by atoms with Crippen molar-refractivity contribution in [3.8, 4) is 0 Å². The zero-order chi connectivity index (χ0) is 16.7. The fourth-order valence-corrected chi connectivity index (χ4v) is 3.27. The first-order chi connectivity index (χ1) is 11.0. The summed E-state index contributed by atoms with van der Waals surface area (Å²) in [7, 11) is 0. The van der Waals surface area contributed by atoms with E-state index in [1.54, 1.807) is 0 Å². The maximum Gasteiger partial charge on any atom is 0.217 e. The van der Waals surface area contributed by atoms with Crippen molar-refractivity contribution in [2.75, 3.05) is 39.4 Å². The predicted octanol–water partition coefficient (Wildman–Crippen LogP) is 0.699. The Morgan fingerprint density at radius 3 is 2.79 bits per heavy atom. The summed E-state index contributed by atoms with van der Waals surface area (Å²) in [5, 5.41) is 13.9. The van der Waals surface area contributed by atoms with E-state index in [1.807, 2.05) is 6.92 Å². The summed E-state index contributed by atoms with van der Waals surface area (Å²) in [5.74, 6) is 0.869. The third-order valence-corrected chi connectivity index (χ3v) is 4.59. The Bertz CT molecular complexity index is 428. The lowest BCUT2D eigenvalue weighted by Crippen LogP contribution is -2.48. The molecular weight excluding hydrogens is 423 g/mol. The molecule has 2 aliphatic heterocycles. The van der Waals surface area contributed by atoms with Crippen LogP contribution in [0, 0.1) is 5.92 Å². The van der Waals surface area contributed by atoms with Gasteiger partial charge in [-0.2, -0.15) is 0 Å². The van der Waals surface area contributed by atoms with Gasteiger partial charge >= 0.3 is 0 Å². The van der Waals surface area contributed by atoms with Crippen molar-refractivity contribution in [3.05, 3.63) is 0 Å². The number of ether oxygens (including phenoxy) is 1. The fraction of sp³-hybridized carbons (Fsp3) is 0.875. The topological polar surface area (TPSA) is 100 Å². The monoisotopic (exact) mass is 454 g/mol. The molecule has 24 heavy (non-hydrogen) atoms. The smallest absolute Gasteiger partial charge is 0.217 e. The first-order valence-electron chi connectivity index (χ1n) is 8.64. The molecule has 2 fully saturated rings. The molecule has 0 saturated carbocycles. The van der Waals surface area contributed by atoms with E-state index in [1.165, 1.54) is 0 Å². The Labute approximate surface area is 161 Å². The van der Waals surface area contributed by atoms with Crippen molar-refractivity contribution in [1.29, 1.82) is 0 Å². The van der Waals surface area contributed by atoms with Crippen LogP contribution >= 0.6 is 24.0 Å². The van der Waals surface area contributed by atoms with Crippen molar-refractivity contribution < 1.29 is 14.6 Å². The van der Waals surface area contributed by atoms with Gasteiger partial charge in [0, 0.05) is 52.1 Å². The maximum atomic E-state index is 11.2. The molecule has 7 nitrogen and oxygen atoms in total. The summed E-state index contributed by atoms with van der Waals surface area (Å²) >= 11 is 0. The molecule has 2 rings (SSSR count). The summed E-state index contributed by atoms with van der Waals surface area (Å²) in [6.45, 7) is 6.08. The number of nitrogens with zero attached hydrogens (tertiary/aromatic N) is 2. The Hall–Kier alpha value is -0.610. The van der Waals surface area contributed by atoms with Crippen molar-refractivity contribution in [2.24, 2.45) is 16.6 Å². The number of hydrogen-bond acceptors (Lipinski definition) is 4. The standard InChI is InChI=1S/C16H30N4O3.HI/c1-2-18-15(19-12-16(22)5-8-23-9-6-16)20-7-3-4-13(11-20)10-14(17)21;/h13,22H,2-12H2,1H3,(H2,17,21)(H,18,19);1H. The van der Waals surface area contributed by atoms with E-state index < -0.39 is 5.60 Å². The number of aliphatic imine (C=N–C) groups is 1. The number of guanidine groups is 1. The highest BCUT2D eigenvalue weighted by Crippen LogP contribution is 2.22. The summed E-state index contributed by atoms with van der Waals surface area (Å²) in [4.78, 5) is 18.0. The van der Waals surface area contributed by atoms with Gasteiger partial charge < -0.3 is 25.8 Å². The molecule has 0 aliphatic carbocycles. The van der Waals surface area contributed by atoms with Gasteiger partial charge in [0.15, 0.2) is 5.96 Å². The first-order valence-corrected chi connectivity index (χ1v) is 8.64. The fourth-order valence-electron chi connectivity index (χ4n) is 3.27. The number of rotatable bonds is 5. The molecule has 8 heteroatoms. The highest BCUT2D eigenvalue weighted by molar-refractivity contribution is 14.0. The van der Waals surface area contributed by atoms with Gasteiger partial charge in [0.2, 0.25) is 5.91 Å². The first kappa shape index (κ1) is 21.4. The molecule has 1 amide bonds. The Morgan fingerprint density at radius 2 is 2.17 bits per heavy atom. The van der Waals surface area contributed by atoms with Crippen LogP contribution in [0.2, 0.25) is 0 Å². The molecule has 2 saturated heterocycles. The lowest BCUT2D eigenvalue weighted by atomic mass is 9.94. The van der Waals surface area contributed by atoms with Crippen molar-refractivity contribution in [3.63, 3.8) is 0 Å². The molecule has 1 atom stereocenters. The van der Waals surface area contributed by atoms with Gasteiger partial charge in [0.25, 0.3) is 0 Å². The average Bonchev–Trinajstić information content (AvgIpc) is 2.52. The molecular formula is C16H31IN4O3. The predicted molar refractivity (Wildman–Crippen MR) is 105 cm³/mol. The van der Waals surface area contributed by atoms with Crippen LogP contribution in [-0.4, -0.2) is 66.9 Å². The third-order valence-electron chi connectivity index (χ3n) is 4.59. The maximum absolute atomic E-state index is 11.2. The van der Waals surface area contributed by atoms with Crippen LogP contribution in [0.1, 0.15) is 39.0 Å². The van der Waals surface area contributed by atoms with E-state index in [9.17, 15) is 9.90 Å². The summed E-state index contributed by atoms with van der Waals surface area (Å²) in [6.07, 6.45) is 3.73. The number of hydrogen-bond donors (Lipinski definition) is 3. The summed E-state index contributed by atoms with van der Waals surface area (Å²) in [6, 6.07) is 0. The van der Waals surface area contributed by atoms with Crippen LogP contribution < -0.4 is 11.1 Å².